The van der Waals surface area contributed by atoms with E-state index in [9.17, 15) is 4.39 Å². The van der Waals surface area contributed by atoms with Crippen LogP contribution >= 0.6 is 0 Å². The molecule has 0 spiro atoms. The van der Waals surface area contributed by atoms with Crippen molar-refractivity contribution in [1.82, 2.24) is 4.98 Å². The summed E-state index contributed by atoms with van der Waals surface area (Å²) in [6, 6.07) is 4.96. The highest BCUT2D eigenvalue weighted by atomic mass is 19.1. The number of aromatic amines is 1. The summed E-state index contributed by atoms with van der Waals surface area (Å²) in [5, 5.41) is 1.00. The second-order valence-corrected chi connectivity index (χ2v) is 4.21. The predicted molar refractivity (Wildman–Crippen MR) is 58.1 cm³/mol. The zero-order valence-corrected chi connectivity index (χ0v) is 8.39. The number of H-pyrrole nitrogens is 1. The van der Waals surface area contributed by atoms with Gasteiger partial charge in [-0.05, 0) is 43.0 Å². The molecule has 0 amide bonds. The first kappa shape index (κ1) is 8.92. The fraction of sp³-hybridized carbons (Fsp3) is 0.333. The quantitative estimate of drug-likeness (QED) is 0.680. The van der Waals surface area contributed by atoms with Crippen LogP contribution in [0.15, 0.2) is 18.2 Å². The highest BCUT2D eigenvalue weighted by molar-refractivity contribution is 5.85. The standard InChI is InChI=1S/C12H13FN2/c13-7-4-5-11-9(6-7)8-2-1-3-10(14)12(8)15-11/h4-6,10,15H,1-3,14H2/t10-/m1/s1. The number of fused-ring (bicyclic) bond motifs is 3. The molecule has 3 N–H and O–H groups in total. The van der Waals surface area contributed by atoms with Crippen molar-refractivity contribution in [3.8, 4) is 0 Å². The van der Waals surface area contributed by atoms with Crippen LogP contribution in [0.1, 0.15) is 30.1 Å². The van der Waals surface area contributed by atoms with Crippen LogP contribution < -0.4 is 5.73 Å². The number of nitrogens with two attached hydrogens (primary N) is 1. The molecule has 0 fully saturated rings. The molecule has 2 nitrogen and oxygen atoms in total. The van der Waals surface area contributed by atoms with Gasteiger partial charge in [0.15, 0.2) is 0 Å². The van der Waals surface area contributed by atoms with Crippen LogP contribution in [0.5, 0.6) is 0 Å². The number of aromatic nitrogens is 1. The zero-order valence-electron chi connectivity index (χ0n) is 8.39. The second kappa shape index (κ2) is 3.07. The Balaban J connectivity index is 2.31. The van der Waals surface area contributed by atoms with E-state index in [1.54, 1.807) is 12.1 Å². The molecule has 1 aromatic carbocycles. The normalized spacial score (nSPS) is 20.5. The van der Waals surface area contributed by atoms with E-state index in [1.807, 2.05) is 0 Å². The summed E-state index contributed by atoms with van der Waals surface area (Å²) in [4.78, 5) is 3.30. The van der Waals surface area contributed by atoms with E-state index in [2.05, 4.69) is 4.98 Å². The van der Waals surface area contributed by atoms with Gasteiger partial charge >= 0.3 is 0 Å². The monoisotopic (exact) mass is 204 g/mol. The first-order valence-corrected chi connectivity index (χ1v) is 5.31. The van der Waals surface area contributed by atoms with Gasteiger partial charge in [0.25, 0.3) is 0 Å². The van der Waals surface area contributed by atoms with E-state index in [0.717, 1.165) is 35.9 Å². The number of hydrogen-bond acceptors (Lipinski definition) is 1. The Kier molecular flexibility index (Phi) is 1.83. The SMILES string of the molecule is N[C@@H]1CCCc2c1[nH]c1ccc(F)cc21. The van der Waals surface area contributed by atoms with Gasteiger partial charge in [-0.15, -0.1) is 0 Å². The highest BCUT2D eigenvalue weighted by Gasteiger charge is 2.21. The highest BCUT2D eigenvalue weighted by Crippen LogP contribution is 2.33. The first-order chi connectivity index (χ1) is 7.25. The molecular formula is C12H13FN2. The van der Waals surface area contributed by atoms with Gasteiger partial charge in [-0.3, -0.25) is 0 Å². The van der Waals surface area contributed by atoms with Crippen LogP contribution in [-0.2, 0) is 6.42 Å². The lowest BCUT2D eigenvalue weighted by molar-refractivity contribution is 0.562. The fourth-order valence-corrected chi connectivity index (χ4v) is 2.47. The summed E-state index contributed by atoms with van der Waals surface area (Å²) in [6.07, 6.45) is 3.12. The molecule has 0 saturated carbocycles. The maximum absolute atomic E-state index is 13.1. The summed E-state index contributed by atoms with van der Waals surface area (Å²) in [6.45, 7) is 0. The van der Waals surface area contributed by atoms with Crippen molar-refractivity contribution in [1.29, 1.82) is 0 Å². The van der Waals surface area contributed by atoms with Gasteiger partial charge in [-0.2, -0.15) is 0 Å². The molecule has 0 radical (unpaired) electrons. The number of rotatable bonds is 0. The van der Waals surface area contributed by atoms with Crippen molar-refractivity contribution in [2.45, 2.75) is 25.3 Å². The van der Waals surface area contributed by atoms with Gasteiger partial charge in [-0.25, -0.2) is 4.39 Å². The number of hydrogen-bond donors (Lipinski definition) is 2. The van der Waals surface area contributed by atoms with Crippen molar-refractivity contribution in [2.75, 3.05) is 0 Å². The van der Waals surface area contributed by atoms with Crippen LogP contribution in [0.25, 0.3) is 10.9 Å². The van der Waals surface area contributed by atoms with Crippen molar-refractivity contribution in [3.63, 3.8) is 0 Å². The molecular weight excluding hydrogens is 191 g/mol. The Labute approximate surface area is 87.3 Å². The fourth-order valence-electron chi connectivity index (χ4n) is 2.47. The summed E-state index contributed by atoms with van der Waals surface area (Å²) in [5.41, 5.74) is 9.33. The number of benzene rings is 1. The Hall–Kier alpha value is -1.35. The van der Waals surface area contributed by atoms with E-state index in [0.29, 0.717) is 0 Å². The van der Waals surface area contributed by atoms with Crippen LogP contribution in [0.2, 0.25) is 0 Å². The molecule has 15 heavy (non-hydrogen) atoms. The third-order valence-corrected chi connectivity index (χ3v) is 3.21. The Morgan fingerprint density at radius 2 is 2.27 bits per heavy atom. The Morgan fingerprint density at radius 1 is 1.40 bits per heavy atom. The summed E-state index contributed by atoms with van der Waals surface area (Å²) in [7, 11) is 0. The maximum Gasteiger partial charge on any atom is 0.123 e. The third-order valence-electron chi connectivity index (χ3n) is 3.21. The molecule has 1 aliphatic carbocycles. The molecule has 2 aromatic rings. The Morgan fingerprint density at radius 3 is 3.13 bits per heavy atom. The maximum atomic E-state index is 13.1. The molecule has 0 saturated heterocycles. The summed E-state index contributed by atoms with van der Waals surface area (Å²) >= 11 is 0. The van der Waals surface area contributed by atoms with Gasteiger partial charge in [0.05, 0.1) is 0 Å². The summed E-state index contributed by atoms with van der Waals surface area (Å²) < 4.78 is 13.1. The van der Waals surface area contributed by atoms with Gasteiger partial charge < -0.3 is 10.7 Å². The summed E-state index contributed by atoms with van der Waals surface area (Å²) in [5.74, 6) is -0.177. The number of aryl methyl sites for hydroxylation is 1. The van der Waals surface area contributed by atoms with Gasteiger partial charge in [0, 0.05) is 22.6 Å². The van der Waals surface area contributed by atoms with E-state index >= 15 is 0 Å². The third kappa shape index (κ3) is 1.27. The first-order valence-electron chi connectivity index (χ1n) is 5.31. The molecule has 3 rings (SSSR count). The van der Waals surface area contributed by atoms with Crippen molar-refractivity contribution in [3.05, 3.63) is 35.3 Å². The topological polar surface area (TPSA) is 41.8 Å². The van der Waals surface area contributed by atoms with E-state index in [1.165, 1.54) is 11.6 Å². The smallest absolute Gasteiger partial charge is 0.123 e. The van der Waals surface area contributed by atoms with Crippen molar-refractivity contribution < 1.29 is 4.39 Å². The average Bonchev–Trinajstić information content (AvgIpc) is 2.58. The van der Waals surface area contributed by atoms with Crippen LogP contribution in [0.3, 0.4) is 0 Å². The van der Waals surface area contributed by atoms with Crippen molar-refractivity contribution in [2.24, 2.45) is 5.73 Å². The van der Waals surface area contributed by atoms with E-state index < -0.39 is 0 Å². The van der Waals surface area contributed by atoms with Crippen LogP contribution in [-0.4, -0.2) is 4.98 Å². The number of nitrogens with one attached hydrogen (secondary N) is 1. The van der Waals surface area contributed by atoms with E-state index in [4.69, 9.17) is 5.73 Å². The van der Waals surface area contributed by atoms with Crippen molar-refractivity contribution >= 4 is 10.9 Å². The lowest BCUT2D eigenvalue weighted by Crippen LogP contribution is -2.16. The zero-order chi connectivity index (χ0) is 10.4. The van der Waals surface area contributed by atoms with Crippen LogP contribution in [0, 0.1) is 5.82 Å². The molecule has 0 bridgehead atoms. The molecule has 1 aliphatic rings. The lowest BCUT2D eigenvalue weighted by atomic mass is 9.92. The molecule has 1 heterocycles. The molecule has 1 aromatic heterocycles. The molecule has 78 valence electrons. The average molecular weight is 204 g/mol. The minimum atomic E-state index is -0.177. The van der Waals surface area contributed by atoms with Crippen LogP contribution in [0.4, 0.5) is 4.39 Å². The molecule has 0 aliphatic heterocycles. The number of halogens is 1. The molecule has 3 heteroatoms. The van der Waals surface area contributed by atoms with Gasteiger partial charge in [0.2, 0.25) is 0 Å². The second-order valence-electron chi connectivity index (χ2n) is 4.21. The minimum absolute atomic E-state index is 0.0872. The van der Waals surface area contributed by atoms with Gasteiger partial charge in [0.1, 0.15) is 5.82 Å². The largest absolute Gasteiger partial charge is 0.357 e. The molecule has 0 unspecified atom stereocenters. The van der Waals surface area contributed by atoms with Gasteiger partial charge in [-0.1, -0.05) is 0 Å². The van der Waals surface area contributed by atoms with E-state index in [-0.39, 0.29) is 11.9 Å². The molecule has 1 atom stereocenters. The lowest BCUT2D eigenvalue weighted by Gasteiger charge is -2.18. The Bertz CT molecular complexity index is 516. The predicted octanol–water partition coefficient (Wildman–Crippen LogP) is 2.64. The minimum Gasteiger partial charge on any atom is -0.357 e.